The van der Waals surface area contributed by atoms with Crippen molar-refractivity contribution >= 4 is 17.8 Å². The van der Waals surface area contributed by atoms with Crippen LogP contribution in [0.2, 0.25) is 0 Å². The maximum absolute atomic E-state index is 12.4. The molecule has 0 heterocycles. The molecule has 0 radical (unpaired) electrons. The van der Waals surface area contributed by atoms with Crippen LogP contribution in [-0.4, -0.2) is 31.3 Å². The Labute approximate surface area is 107 Å². The number of carbonyl (C=O) groups is 2. The van der Waals surface area contributed by atoms with Gasteiger partial charge in [0.15, 0.2) is 5.71 Å². The molecule has 0 aliphatic carbocycles. The summed E-state index contributed by atoms with van der Waals surface area (Å²) in [6.07, 6.45) is -4.48. The smallest absolute Gasteiger partial charge is 0.434 e. The fourth-order valence-corrected chi connectivity index (χ4v) is 1.14. The Kier molecular flexibility index (Phi) is 5.59. The highest BCUT2D eigenvalue weighted by atomic mass is 19.3. The van der Waals surface area contributed by atoms with Crippen molar-refractivity contribution < 1.29 is 27.8 Å². The molecule has 0 aromatic heterocycles. The monoisotopic (exact) mass is 271 g/mol. The highest BCUT2D eigenvalue weighted by molar-refractivity contribution is 6.39. The number of methoxy groups -OCH3 is 1. The molecule has 0 saturated carbocycles. The van der Waals surface area contributed by atoms with Gasteiger partial charge in [0.25, 0.3) is 6.43 Å². The van der Waals surface area contributed by atoms with Gasteiger partial charge in [0.2, 0.25) is 0 Å². The van der Waals surface area contributed by atoms with Gasteiger partial charge in [-0.1, -0.05) is 30.3 Å². The van der Waals surface area contributed by atoms with Crippen molar-refractivity contribution in [3.63, 3.8) is 0 Å². The molecule has 0 unspecified atom stereocenters. The van der Waals surface area contributed by atoms with Crippen LogP contribution < -0.4 is 0 Å². The highest BCUT2D eigenvalue weighted by Gasteiger charge is 2.24. The molecule has 0 bridgehead atoms. The zero-order valence-electron chi connectivity index (χ0n) is 10.0. The quantitative estimate of drug-likeness (QED) is 0.622. The molecule has 0 fully saturated rings. The lowest BCUT2D eigenvalue weighted by molar-refractivity contribution is -0.133. The van der Waals surface area contributed by atoms with Gasteiger partial charge in [0.1, 0.15) is 6.61 Å². The topological polar surface area (TPSA) is 65.0 Å². The molecule has 7 heteroatoms. The van der Waals surface area contributed by atoms with Crippen LogP contribution in [0.25, 0.3) is 0 Å². The number of hydrogen-bond acceptors (Lipinski definition) is 4. The standard InChI is InChI=1S/C12H11F2NO4/c1-18-11(16)9(10(13)14)15-12(17)19-7-8-5-3-2-4-6-8/h2-6,10H,7H2,1H3/b15-9+. The first-order valence-corrected chi connectivity index (χ1v) is 5.20. The predicted molar refractivity (Wildman–Crippen MR) is 62.1 cm³/mol. The maximum atomic E-state index is 12.4. The van der Waals surface area contributed by atoms with Crippen LogP contribution in [0.3, 0.4) is 0 Å². The molecule has 102 valence electrons. The molecule has 5 nitrogen and oxygen atoms in total. The van der Waals surface area contributed by atoms with Gasteiger partial charge in [-0.3, -0.25) is 0 Å². The summed E-state index contributed by atoms with van der Waals surface area (Å²) in [7, 11) is 0.912. The molecule has 0 aliphatic rings. The van der Waals surface area contributed by atoms with Gasteiger partial charge in [0, 0.05) is 0 Å². The second kappa shape index (κ2) is 7.20. The Morgan fingerprint density at radius 2 is 1.89 bits per heavy atom. The van der Waals surface area contributed by atoms with Gasteiger partial charge in [-0.15, -0.1) is 0 Å². The molecule has 1 aromatic rings. The van der Waals surface area contributed by atoms with Crippen LogP contribution in [0.5, 0.6) is 0 Å². The van der Waals surface area contributed by atoms with Gasteiger partial charge in [-0.25, -0.2) is 18.4 Å². The summed E-state index contributed by atoms with van der Waals surface area (Å²) in [5.74, 6) is -1.37. The summed E-state index contributed by atoms with van der Waals surface area (Å²) in [5, 5.41) is 0. The highest BCUT2D eigenvalue weighted by Crippen LogP contribution is 2.04. The van der Waals surface area contributed by atoms with E-state index in [-0.39, 0.29) is 6.61 Å². The summed E-state index contributed by atoms with van der Waals surface area (Å²) in [5.41, 5.74) is -0.608. The lowest BCUT2D eigenvalue weighted by Crippen LogP contribution is -2.25. The van der Waals surface area contributed by atoms with Crippen LogP contribution in [0.4, 0.5) is 13.6 Å². The van der Waals surface area contributed by atoms with E-state index >= 15 is 0 Å². The Balaban J connectivity index is 2.64. The molecule has 1 aromatic carbocycles. The molecule has 0 saturated heterocycles. The summed E-state index contributed by atoms with van der Waals surface area (Å²) < 4.78 is 33.6. The minimum atomic E-state index is -3.21. The van der Waals surface area contributed by atoms with Crippen molar-refractivity contribution in [2.45, 2.75) is 13.0 Å². The van der Waals surface area contributed by atoms with Gasteiger partial charge in [-0.2, -0.15) is 4.99 Å². The SMILES string of the molecule is COC(=O)/C(=N/C(=O)OCc1ccccc1)C(F)F. The van der Waals surface area contributed by atoms with E-state index in [0.717, 1.165) is 7.11 Å². The third-order valence-electron chi connectivity index (χ3n) is 2.02. The Morgan fingerprint density at radius 1 is 1.26 bits per heavy atom. The number of hydrogen-bond donors (Lipinski definition) is 0. The fraction of sp³-hybridized carbons (Fsp3) is 0.250. The van der Waals surface area contributed by atoms with E-state index < -0.39 is 24.2 Å². The molecule has 0 spiro atoms. The predicted octanol–water partition coefficient (Wildman–Crippen LogP) is 2.20. The lowest BCUT2D eigenvalue weighted by Gasteiger charge is -2.04. The lowest BCUT2D eigenvalue weighted by atomic mass is 10.2. The number of alkyl halides is 2. The third-order valence-corrected chi connectivity index (χ3v) is 2.02. The number of benzene rings is 1. The van der Waals surface area contributed by atoms with Gasteiger partial charge in [-0.05, 0) is 5.56 Å². The van der Waals surface area contributed by atoms with Crippen molar-refractivity contribution in [2.75, 3.05) is 7.11 Å². The number of halogens is 2. The third kappa shape index (κ3) is 4.82. The minimum absolute atomic E-state index is 0.124. The second-order valence-electron chi connectivity index (χ2n) is 3.33. The Hall–Kier alpha value is -2.31. The van der Waals surface area contributed by atoms with Crippen molar-refractivity contribution in [1.82, 2.24) is 0 Å². The summed E-state index contributed by atoms with van der Waals surface area (Å²) in [4.78, 5) is 25.0. The zero-order valence-corrected chi connectivity index (χ0v) is 10.0. The summed E-state index contributed by atoms with van der Waals surface area (Å²) >= 11 is 0. The number of rotatable bonds is 4. The minimum Gasteiger partial charge on any atom is -0.464 e. The van der Waals surface area contributed by atoms with Crippen LogP contribution in [0, 0.1) is 0 Å². The summed E-state index contributed by atoms with van der Waals surface area (Å²) in [6.45, 7) is -0.124. The van der Waals surface area contributed by atoms with Gasteiger partial charge in [0.05, 0.1) is 7.11 Å². The van der Waals surface area contributed by atoms with Crippen molar-refractivity contribution in [3.8, 4) is 0 Å². The molecule has 0 atom stereocenters. The number of aliphatic imine (C=N–C) groups is 1. The first-order valence-electron chi connectivity index (χ1n) is 5.20. The van der Waals surface area contributed by atoms with E-state index in [1.54, 1.807) is 30.3 Å². The van der Waals surface area contributed by atoms with Crippen LogP contribution in [-0.2, 0) is 20.9 Å². The van der Waals surface area contributed by atoms with E-state index in [1.165, 1.54) is 0 Å². The van der Waals surface area contributed by atoms with E-state index in [0.29, 0.717) is 5.56 Å². The Morgan fingerprint density at radius 3 is 2.42 bits per heavy atom. The zero-order chi connectivity index (χ0) is 14.3. The van der Waals surface area contributed by atoms with E-state index in [2.05, 4.69) is 14.5 Å². The average molecular weight is 271 g/mol. The van der Waals surface area contributed by atoms with Crippen LogP contribution >= 0.6 is 0 Å². The van der Waals surface area contributed by atoms with Gasteiger partial charge >= 0.3 is 12.1 Å². The van der Waals surface area contributed by atoms with Crippen molar-refractivity contribution in [3.05, 3.63) is 35.9 Å². The van der Waals surface area contributed by atoms with Crippen molar-refractivity contribution in [2.24, 2.45) is 4.99 Å². The molecule has 19 heavy (non-hydrogen) atoms. The molecule has 0 N–H and O–H groups in total. The first kappa shape index (κ1) is 14.7. The second-order valence-corrected chi connectivity index (χ2v) is 3.33. The number of nitrogens with zero attached hydrogens (tertiary/aromatic N) is 1. The number of amides is 1. The first-order chi connectivity index (χ1) is 9.04. The van der Waals surface area contributed by atoms with Crippen molar-refractivity contribution in [1.29, 1.82) is 0 Å². The number of esters is 1. The molecular formula is C12H11F2NO4. The maximum Gasteiger partial charge on any atom is 0.434 e. The van der Waals surface area contributed by atoms with Gasteiger partial charge < -0.3 is 9.47 Å². The largest absolute Gasteiger partial charge is 0.464 e. The molecule has 1 amide bonds. The number of carbonyl (C=O) groups excluding carboxylic acids is 2. The van der Waals surface area contributed by atoms with E-state index in [1.807, 2.05) is 0 Å². The summed E-state index contributed by atoms with van der Waals surface area (Å²) in [6, 6.07) is 8.60. The Bertz CT molecular complexity index is 474. The molecule has 1 rings (SSSR count). The average Bonchev–Trinajstić information content (AvgIpc) is 2.42. The van der Waals surface area contributed by atoms with Crippen LogP contribution in [0.1, 0.15) is 5.56 Å². The number of ether oxygens (including phenoxy) is 2. The molecular weight excluding hydrogens is 260 g/mol. The molecule has 0 aliphatic heterocycles. The fourth-order valence-electron chi connectivity index (χ4n) is 1.14. The normalized spacial score (nSPS) is 11.3. The van der Waals surface area contributed by atoms with E-state index in [4.69, 9.17) is 0 Å². The van der Waals surface area contributed by atoms with E-state index in [9.17, 15) is 18.4 Å². The van der Waals surface area contributed by atoms with Crippen LogP contribution in [0.15, 0.2) is 35.3 Å².